The van der Waals surface area contributed by atoms with Crippen LogP contribution in [0.15, 0.2) is 34.8 Å². The van der Waals surface area contributed by atoms with Crippen LogP contribution in [0.1, 0.15) is 15.9 Å². The van der Waals surface area contributed by atoms with Gasteiger partial charge < -0.3 is 5.32 Å². The summed E-state index contributed by atoms with van der Waals surface area (Å²) < 4.78 is 26.7. The molecule has 3 nitrogen and oxygen atoms in total. The minimum atomic E-state index is -1.06. The maximum atomic E-state index is 13.3. The van der Waals surface area contributed by atoms with Gasteiger partial charge in [-0.3, -0.25) is 4.79 Å². The summed E-state index contributed by atoms with van der Waals surface area (Å²) in [6, 6.07) is 7.10. The number of benzene rings is 1. The average molecular weight is 327 g/mol. The molecule has 0 spiro atoms. The van der Waals surface area contributed by atoms with Gasteiger partial charge in [-0.2, -0.15) is 13.8 Å². The van der Waals surface area contributed by atoms with Gasteiger partial charge in [-0.05, 0) is 36.8 Å². The van der Waals surface area contributed by atoms with E-state index in [4.69, 9.17) is 0 Å². The van der Waals surface area contributed by atoms with E-state index in [0.29, 0.717) is 5.56 Å². The van der Waals surface area contributed by atoms with Crippen LogP contribution in [0, 0.1) is 18.8 Å². The third kappa shape index (κ3) is 3.14. The van der Waals surface area contributed by atoms with E-state index in [2.05, 4.69) is 26.2 Å². The van der Waals surface area contributed by atoms with Gasteiger partial charge >= 0.3 is 0 Å². The van der Waals surface area contributed by atoms with E-state index in [1.165, 1.54) is 0 Å². The van der Waals surface area contributed by atoms with Crippen molar-refractivity contribution < 1.29 is 13.6 Å². The first-order valence-corrected chi connectivity index (χ1v) is 6.16. The molecule has 1 heterocycles. The molecule has 0 fully saturated rings. The number of pyridine rings is 1. The van der Waals surface area contributed by atoms with E-state index in [-0.39, 0.29) is 5.69 Å². The molecule has 0 saturated carbocycles. The SMILES string of the molecule is Cc1ccc(C(=O)Nc2ccc(F)nc2F)cc1Br. The number of nitrogens with zero attached hydrogens (tertiary/aromatic N) is 1. The zero-order valence-corrected chi connectivity index (χ0v) is 11.5. The Hall–Kier alpha value is -1.82. The van der Waals surface area contributed by atoms with Crippen molar-refractivity contribution >= 4 is 27.5 Å². The Morgan fingerprint density at radius 2 is 2.00 bits per heavy atom. The molecule has 19 heavy (non-hydrogen) atoms. The van der Waals surface area contributed by atoms with Crippen LogP contribution in [0.2, 0.25) is 0 Å². The summed E-state index contributed by atoms with van der Waals surface area (Å²) in [5, 5.41) is 2.34. The summed E-state index contributed by atoms with van der Waals surface area (Å²) in [4.78, 5) is 14.9. The summed E-state index contributed by atoms with van der Waals surface area (Å²) in [5.74, 6) is -2.49. The Morgan fingerprint density at radius 1 is 1.26 bits per heavy atom. The highest BCUT2D eigenvalue weighted by molar-refractivity contribution is 9.10. The maximum absolute atomic E-state index is 13.3. The topological polar surface area (TPSA) is 42.0 Å². The lowest BCUT2D eigenvalue weighted by molar-refractivity contribution is 0.102. The van der Waals surface area contributed by atoms with Crippen LogP contribution in [0.5, 0.6) is 0 Å². The predicted octanol–water partition coefficient (Wildman–Crippen LogP) is 3.68. The maximum Gasteiger partial charge on any atom is 0.255 e. The second-order valence-corrected chi connectivity index (χ2v) is 4.74. The minimum absolute atomic E-state index is 0.164. The van der Waals surface area contributed by atoms with Gasteiger partial charge in [-0.15, -0.1) is 0 Å². The summed E-state index contributed by atoms with van der Waals surface area (Å²) in [6.45, 7) is 1.88. The van der Waals surface area contributed by atoms with Crippen molar-refractivity contribution in [2.45, 2.75) is 6.92 Å². The van der Waals surface area contributed by atoms with Crippen molar-refractivity contribution in [2.24, 2.45) is 0 Å². The smallest absolute Gasteiger partial charge is 0.255 e. The molecule has 0 saturated heterocycles. The van der Waals surface area contributed by atoms with Crippen LogP contribution in [0.3, 0.4) is 0 Å². The Morgan fingerprint density at radius 3 is 2.63 bits per heavy atom. The van der Waals surface area contributed by atoms with Gasteiger partial charge in [0.2, 0.25) is 11.9 Å². The number of aryl methyl sites for hydroxylation is 1. The Balaban J connectivity index is 2.23. The molecule has 2 rings (SSSR count). The molecule has 98 valence electrons. The first kappa shape index (κ1) is 13.6. The fourth-order valence-electron chi connectivity index (χ4n) is 1.43. The Labute approximate surface area is 116 Å². The average Bonchev–Trinajstić information content (AvgIpc) is 2.36. The lowest BCUT2D eigenvalue weighted by Gasteiger charge is -2.07. The quantitative estimate of drug-likeness (QED) is 0.855. The second-order valence-electron chi connectivity index (χ2n) is 3.89. The molecule has 0 aliphatic carbocycles. The number of carbonyl (C=O) groups is 1. The van der Waals surface area contributed by atoms with Gasteiger partial charge in [0.05, 0.1) is 5.69 Å². The molecule has 1 N–H and O–H groups in total. The monoisotopic (exact) mass is 326 g/mol. The summed E-state index contributed by atoms with van der Waals surface area (Å²) >= 11 is 3.31. The fraction of sp³-hybridized carbons (Fsp3) is 0.0769. The highest BCUT2D eigenvalue weighted by Crippen LogP contribution is 2.19. The van der Waals surface area contributed by atoms with Gasteiger partial charge in [-0.25, -0.2) is 0 Å². The second kappa shape index (κ2) is 5.44. The standard InChI is InChI=1S/C13H9BrF2N2O/c1-7-2-3-8(6-9(7)14)13(19)17-10-4-5-11(15)18-12(10)16/h2-6H,1H3,(H,17,19). The Bertz CT molecular complexity index is 647. The van der Waals surface area contributed by atoms with E-state index in [1.807, 2.05) is 6.92 Å². The van der Waals surface area contributed by atoms with E-state index >= 15 is 0 Å². The number of anilines is 1. The van der Waals surface area contributed by atoms with Crippen LogP contribution < -0.4 is 5.32 Å². The number of amides is 1. The molecule has 0 radical (unpaired) electrons. The van der Waals surface area contributed by atoms with Crippen molar-refractivity contribution in [1.82, 2.24) is 4.98 Å². The van der Waals surface area contributed by atoms with Crippen LogP contribution in [0.25, 0.3) is 0 Å². The molecule has 1 aromatic heterocycles. The van der Waals surface area contributed by atoms with E-state index in [9.17, 15) is 13.6 Å². The van der Waals surface area contributed by atoms with Gasteiger partial charge in [0.25, 0.3) is 5.91 Å². The van der Waals surface area contributed by atoms with Gasteiger partial charge in [-0.1, -0.05) is 22.0 Å². The molecular formula is C13H9BrF2N2O. The summed E-state index contributed by atoms with van der Waals surface area (Å²) in [7, 11) is 0. The lowest BCUT2D eigenvalue weighted by atomic mass is 10.1. The zero-order valence-electron chi connectivity index (χ0n) is 9.88. The third-order valence-corrected chi connectivity index (χ3v) is 3.35. The lowest BCUT2D eigenvalue weighted by Crippen LogP contribution is -2.13. The van der Waals surface area contributed by atoms with Crippen LogP contribution in [0.4, 0.5) is 14.5 Å². The van der Waals surface area contributed by atoms with Gasteiger partial charge in [0.15, 0.2) is 0 Å². The molecular weight excluding hydrogens is 318 g/mol. The number of nitrogens with one attached hydrogen (secondary N) is 1. The first-order valence-electron chi connectivity index (χ1n) is 5.37. The summed E-state index contributed by atoms with van der Waals surface area (Å²) in [5.41, 5.74) is 1.18. The number of aromatic nitrogens is 1. The van der Waals surface area contributed by atoms with Crippen LogP contribution >= 0.6 is 15.9 Å². The number of carbonyl (C=O) groups excluding carboxylic acids is 1. The van der Waals surface area contributed by atoms with E-state index in [0.717, 1.165) is 22.2 Å². The van der Waals surface area contributed by atoms with Crippen molar-refractivity contribution in [3.8, 4) is 0 Å². The highest BCUT2D eigenvalue weighted by atomic mass is 79.9. The fourth-order valence-corrected chi connectivity index (χ4v) is 1.81. The number of hydrogen-bond acceptors (Lipinski definition) is 2. The number of hydrogen-bond donors (Lipinski definition) is 1. The summed E-state index contributed by atoms with van der Waals surface area (Å²) in [6.07, 6.45) is 0. The van der Waals surface area contributed by atoms with Crippen molar-refractivity contribution in [1.29, 1.82) is 0 Å². The van der Waals surface area contributed by atoms with Crippen LogP contribution in [-0.4, -0.2) is 10.9 Å². The van der Waals surface area contributed by atoms with Crippen molar-refractivity contribution in [3.05, 3.63) is 57.8 Å². The molecule has 2 aromatic rings. The molecule has 0 aliphatic heterocycles. The molecule has 6 heteroatoms. The molecule has 0 aliphatic rings. The largest absolute Gasteiger partial charge is 0.318 e. The number of halogens is 3. The van der Waals surface area contributed by atoms with Gasteiger partial charge in [0, 0.05) is 10.0 Å². The van der Waals surface area contributed by atoms with E-state index in [1.54, 1.807) is 18.2 Å². The minimum Gasteiger partial charge on any atom is -0.318 e. The Kier molecular flexibility index (Phi) is 3.90. The molecule has 1 amide bonds. The molecule has 0 unspecified atom stereocenters. The zero-order chi connectivity index (χ0) is 14.0. The molecule has 0 atom stereocenters. The van der Waals surface area contributed by atoms with Crippen molar-refractivity contribution in [3.63, 3.8) is 0 Å². The first-order chi connectivity index (χ1) is 8.97. The molecule has 1 aromatic carbocycles. The van der Waals surface area contributed by atoms with E-state index < -0.39 is 17.8 Å². The third-order valence-electron chi connectivity index (χ3n) is 2.50. The van der Waals surface area contributed by atoms with Gasteiger partial charge in [0.1, 0.15) is 0 Å². The molecule has 0 bridgehead atoms. The normalized spacial score (nSPS) is 10.3. The number of rotatable bonds is 2. The van der Waals surface area contributed by atoms with Crippen LogP contribution in [-0.2, 0) is 0 Å². The predicted molar refractivity (Wildman–Crippen MR) is 71.0 cm³/mol. The highest BCUT2D eigenvalue weighted by Gasteiger charge is 2.11. The van der Waals surface area contributed by atoms with Crippen molar-refractivity contribution in [2.75, 3.05) is 5.32 Å².